The van der Waals surface area contributed by atoms with Gasteiger partial charge in [-0.25, -0.2) is 0 Å². The minimum Gasteiger partial charge on any atom is -0.481 e. The predicted molar refractivity (Wildman–Crippen MR) is 22.6 cm³/mol. The molecule has 0 aromatic rings. The van der Waals surface area contributed by atoms with E-state index in [2.05, 4.69) is 6.92 Å². The van der Waals surface area contributed by atoms with Crippen molar-refractivity contribution in [1.82, 2.24) is 0 Å². The molecule has 50 valence electrons. The number of hydrogen-bond acceptors (Lipinski definition) is 2. The zero-order valence-electron chi connectivity index (χ0n) is 3.99. The molecule has 4 heteroatoms. The first-order valence-electron chi connectivity index (χ1n) is 1.69. The predicted octanol–water partition coefficient (Wildman–Crippen LogP) is -0.138. The van der Waals surface area contributed by atoms with Gasteiger partial charge in [-0.2, -0.15) is 0 Å². The van der Waals surface area contributed by atoms with Gasteiger partial charge >= 0.3 is 5.97 Å². The Morgan fingerprint density at radius 1 is 1.50 bits per heavy atom. The quantitative estimate of drug-likeness (QED) is 0.570. The van der Waals surface area contributed by atoms with Crippen LogP contribution < -0.4 is 0 Å². The van der Waals surface area contributed by atoms with E-state index in [9.17, 15) is 9.59 Å². The number of carboxylic acid groups (broad SMARTS) is 1. The van der Waals surface area contributed by atoms with Crippen LogP contribution in [0.15, 0.2) is 0 Å². The van der Waals surface area contributed by atoms with E-state index < -0.39 is 18.2 Å². The van der Waals surface area contributed by atoms with Gasteiger partial charge in [0, 0.05) is 26.8 Å². The van der Waals surface area contributed by atoms with Gasteiger partial charge in [-0.15, -0.1) is 0 Å². The fourth-order valence-corrected chi connectivity index (χ4v) is 0.169. The number of ketones is 1. The molecule has 0 spiro atoms. The molecule has 0 atom stereocenters. The number of carbonyl (C=O) groups is 2. The molecule has 0 fully saturated rings. The zero-order valence-corrected chi connectivity index (χ0v) is 6.27. The molecule has 0 radical (unpaired) electrons. The molecule has 0 aromatic heterocycles. The van der Waals surface area contributed by atoms with Crippen molar-refractivity contribution in [3.8, 4) is 0 Å². The third-order valence-electron chi connectivity index (χ3n) is 0.348. The van der Waals surface area contributed by atoms with E-state index in [1.165, 1.54) is 0 Å². The summed E-state index contributed by atoms with van der Waals surface area (Å²) in [5.41, 5.74) is 0. The van der Waals surface area contributed by atoms with E-state index >= 15 is 0 Å². The van der Waals surface area contributed by atoms with Crippen molar-refractivity contribution in [3.63, 3.8) is 0 Å². The molecule has 0 aliphatic heterocycles. The average Bonchev–Trinajstić information content (AvgIpc) is 1.27. The van der Waals surface area contributed by atoms with Crippen molar-refractivity contribution in [2.45, 2.75) is 6.42 Å². The maximum Gasteiger partial charge on any atom is 0.308 e. The van der Waals surface area contributed by atoms with Crippen molar-refractivity contribution in [3.05, 3.63) is 6.92 Å². The molecule has 0 saturated carbocycles. The summed E-state index contributed by atoms with van der Waals surface area (Å²) in [5, 5.41) is 7.82. The standard InChI is InChI=1S/C4H5O3.Pt/c1-3(5)2-4(6)7;/h1-2H2,(H,6,7);/q-1;. The number of rotatable bonds is 2. The number of carboxylic acids is 1. The van der Waals surface area contributed by atoms with Crippen LogP contribution in [0.2, 0.25) is 0 Å². The SMILES string of the molecule is [CH2-]C(=O)CC(=O)O.[Pt]. The van der Waals surface area contributed by atoms with Gasteiger partial charge in [-0.1, -0.05) is 0 Å². The Balaban J connectivity index is 0. The molecule has 3 nitrogen and oxygen atoms in total. The molecule has 0 bridgehead atoms. The summed E-state index contributed by atoms with van der Waals surface area (Å²) in [6.07, 6.45) is -0.472. The Morgan fingerprint density at radius 3 is 1.88 bits per heavy atom. The van der Waals surface area contributed by atoms with Gasteiger partial charge < -0.3 is 16.8 Å². The molecular formula is C4H5O3Pt-. The van der Waals surface area contributed by atoms with Crippen LogP contribution in [0.4, 0.5) is 0 Å². The normalized spacial score (nSPS) is 7.00. The third kappa shape index (κ3) is 9.20. The van der Waals surface area contributed by atoms with Crippen LogP contribution >= 0.6 is 0 Å². The molecule has 8 heavy (non-hydrogen) atoms. The van der Waals surface area contributed by atoms with Gasteiger partial charge in [0.05, 0.1) is 6.42 Å². The smallest absolute Gasteiger partial charge is 0.308 e. The van der Waals surface area contributed by atoms with E-state index in [1.807, 2.05) is 0 Å². The number of Topliss-reactive ketones (excluding diaryl/α,β-unsaturated/α-hetero) is 1. The monoisotopic (exact) mass is 296 g/mol. The van der Waals surface area contributed by atoms with Crippen LogP contribution in [0.5, 0.6) is 0 Å². The van der Waals surface area contributed by atoms with Gasteiger partial charge in [0.25, 0.3) is 0 Å². The summed E-state index contributed by atoms with van der Waals surface area (Å²) in [7, 11) is 0. The molecule has 1 N–H and O–H groups in total. The van der Waals surface area contributed by atoms with Crippen LogP contribution in [0.3, 0.4) is 0 Å². The minimum atomic E-state index is -1.12. The second kappa shape index (κ2) is 4.85. The molecule has 0 aromatic carbocycles. The van der Waals surface area contributed by atoms with Crippen molar-refractivity contribution in [1.29, 1.82) is 0 Å². The van der Waals surface area contributed by atoms with Crippen molar-refractivity contribution < 1.29 is 35.8 Å². The van der Waals surface area contributed by atoms with Gasteiger partial charge in [0.15, 0.2) is 0 Å². The largest absolute Gasteiger partial charge is 0.481 e. The first kappa shape index (κ1) is 10.6. The van der Waals surface area contributed by atoms with E-state index in [4.69, 9.17) is 5.11 Å². The van der Waals surface area contributed by atoms with Crippen molar-refractivity contribution in [2.24, 2.45) is 0 Å². The Hall–Kier alpha value is -0.302. The summed E-state index contributed by atoms with van der Waals surface area (Å²) < 4.78 is 0. The van der Waals surface area contributed by atoms with E-state index in [0.717, 1.165) is 0 Å². The van der Waals surface area contributed by atoms with Crippen LogP contribution in [0.25, 0.3) is 0 Å². The van der Waals surface area contributed by atoms with Gasteiger partial charge in [-0.3, -0.25) is 4.79 Å². The molecule has 0 aliphatic carbocycles. The van der Waals surface area contributed by atoms with E-state index in [1.54, 1.807) is 0 Å². The average molecular weight is 296 g/mol. The maximum absolute atomic E-state index is 9.76. The van der Waals surface area contributed by atoms with Crippen LogP contribution in [0, 0.1) is 6.92 Å². The van der Waals surface area contributed by atoms with Crippen LogP contribution in [0.1, 0.15) is 6.42 Å². The molecule has 0 amide bonds. The summed E-state index contributed by atoms with van der Waals surface area (Å²) in [4.78, 5) is 19.3. The van der Waals surface area contributed by atoms with E-state index in [-0.39, 0.29) is 21.1 Å². The van der Waals surface area contributed by atoms with Crippen LogP contribution in [-0.4, -0.2) is 16.9 Å². The fraction of sp³-hybridized carbons (Fsp3) is 0.250. The van der Waals surface area contributed by atoms with Crippen molar-refractivity contribution >= 4 is 11.8 Å². The first-order valence-corrected chi connectivity index (χ1v) is 1.69. The van der Waals surface area contributed by atoms with Crippen molar-refractivity contribution in [2.75, 3.05) is 0 Å². The summed E-state index contributed by atoms with van der Waals surface area (Å²) in [6, 6.07) is 0. The van der Waals surface area contributed by atoms with Crippen LogP contribution in [-0.2, 0) is 30.7 Å². The number of aliphatic carboxylic acids is 1. The fourth-order valence-electron chi connectivity index (χ4n) is 0.169. The molecule has 0 unspecified atom stereocenters. The minimum absolute atomic E-state index is 0. The Morgan fingerprint density at radius 2 is 1.88 bits per heavy atom. The van der Waals surface area contributed by atoms with Gasteiger partial charge in [0.1, 0.15) is 0 Å². The van der Waals surface area contributed by atoms with Gasteiger partial charge in [0.2, 0.25) is 0 Å². The first-order chi connectivity index (χ1) is 3.13. The number of carbonyl (C=O) groups excluding carboxylic acids is 1. The third-order valence-corrected chi connectivity index (χ3v) is 0.348. The van der Waals surface area contributed by atoms with Gasteiger partial charge in [-0.05, 0) is 0 Å². The number of hydrogen-bond donors (Lipinski definition) is 1. The summed E-state index contributed by atoms with van der Waals surface area (Å²) in [6.45, 7) is 2.86. The summed E-state index contributed by atoms with van der Waals surface area (Å²) >= 11 is 0. The summed E-state index contributed by atoms with van der Waals surface area (Å²) in [5.74, 6) is -1.69. The maximum atomic E-state index is 9.76. The Bertz CT molecular complexity index is 87.5. The molecule has 0 heterocycles. The van der Waals surface area contributed by atoms with E-state index in [0.29, 0.717) is 0 Å². The zero-order chi connectivity index (χ0) is 5.86. The molecule has 0 rings (SSSR count). The topological polar surface area (TPSA) is 54.4 Å². The Kier molecular flexibility index (Phi) is 6.45. The second-order valence-electron chi connectivity index (χ2n) is 1.11. The molecular weight excluding hydrogens is 291 g/mol. The second-order valence-corrected chi connectivity index (χ2v) is 1.11. The molecule has 0 aliphatic rings. The Labute approximate surface area is 61.3 Å². The molecule has 0 saturated heterocycles.